The Bertz CT molecular complexity index is 306. The molecule has 0 radical (unpaired) electrons. The zero-order chi connectivity index (χ0) is 14.1. The predicted octanol–water partition coefficient (Wildman–Crippen LogP) is -2.63. The number of phosphoric acid groups is 1. The van der Waals surface area contributed by atoms with Crippen LogP contribution >= 0.6 is 7.82 Å². The summed E-state index contributed by atoms with van der Waals surface area (Å²) in [6, 6.07) is -0.820. The average molecular weight is 299 g/mol. The van der Waals surface area contributed by atoms with Crippen molar-refractivity contribution in [1.29, 1.82) is 0 Å². The maximum Gasteiger partial charge on any atom is 2.00 e. The van der Waals surface area contributed by atoms with Crippen molar-refractivity contribution in [3.63, 3.8) is 0 Å². The van der Waals surface area contributed by atoms with E-state index < -0.39 is 19.8 Å². The van der Waals surface area contributed by atoms with E-state index in [0.29, 0.717) is 19.4 Å². The minimum absolute atomic E-state index is 0. The SMILES string of the molecule is NC(N)=NCCCC(N)C(=O)O.O=P(O)(O)O.[H-].[H-].[Mg+2]. The molecule has 0 rings (SSSR count). The Morgan fingerprint density at radius 2 is 1.72 bits per heavy atom. The fraction of sp³-hybridized carbons (Fsp3) is 0.667. The molecule has 106 valence electrons. The van der Waals surface area contributed by atoms with E-state index in [9.17, 15) is 4.79 Å². The van der Waals surface area contributed by atoms with Gasteiger partial charge in [-0.3, -0.25) is 9.79 Å². The molecule has 0 aromatic rings. The van der Waals surface area contributed by atoms with Gasteiger partial charge in [-0.1, -0.05) is 0 Å². The van der Waals surface area contributed by atoms with E-state index >= 15 is 0 Å². The summed E-state index contributed by atoms with van der Waals surface area (Å²) in [4.78, 5) is 35.5. The number of aliphatic imine (C=N–C) groups is 1. The zero-order valence-electron chi connectivity index (χ0n) is 11.6. The second kappa shape index (κ2) is 11.7. The van der Waals surface area contributed by atoms with Crippen molar-refractivity contribution in [3.8, 4) is 0 Å². The summed E-state index contributed by atoms with van der Waals surface area (Å²) in [7, 11) is -4.64. The number of hydrogen-bond donors (Lipinski definition) is 7. The van der Waals surface area contributed by atoms with Crippen LogP contribution in [0.4, 0.5) is 0 Å². The summed E-state index contributed by atoms with van der Waals surface area (Å²) in [6.45, 7) is 0.420. The van der Waals surface area contributed by atoms with Crippen LogP contribution in [0.3, 0.4) is 0 Å². The standard InChI is InChI=1S/C6H14N4O2.Mg.H3O4P.2H/c7-4(5(11)12)2-1-3-10-6(8)9;;1-5(2,3)4;;/h4H,1-3,7H2,(H,11,12)(H4,8,9,10);;(H3,1,2,3,4);;/q;+2;;2*-1. The normalized spacial score (nSPS) is 11.3. The van der Waals surface area contributed by atoms with Crippen molar-refractivity contribution in [1.82, 2.24) is 0 Å². The van der Waals surface area contributed by atoms with Gasteiger partial charge in [-0.15, -0.1) is 0 Å². The molecule has 0 aliphatic carbocycles. The Kier molecular flexibility index (Phi) is 14.7. The Morgan fingerprint density at radius 1 is 1.33 bits per heavy atom. The summed E-state index contributed by atoms with van der Waals surface area (Å²) in [5.41, 5.74) is 15.3. The number of carboxylic acid groups (broad SMARTS) is 1. The van der Waals surface area contributed by atoms with Gasteiger partial charge in [0.25, 0.3) is 0 Å². The van der Waals surface area contributed by atoms with Crippen LogP contribution in [0, 0.1) is 0 Å². The molecule has 1 atom stereocenters. The van der Waals surface area contributed by atoms with Crippen molar-refractivity contribution >= 4 is 42.8 Å². The van der Waals surface area contributed by atoms with Crippen LogP contribution in [0.1, 0.15) is 15.7 Å². The molecule has 0 fully saturated rings. The molecular weight excluding hydrogens is 279 g/mol. The maximum absolute atomic E-state index is 10.2. The summed E-state index contributed by atoms with van der Waals surface area (Å²) < 4.78 is 8.88. The van der Waals surface area contributed by atoms with E-state index in [0.717, 1.165) is 0 Å². The van der Waals surface area contributed by atoms with E-state index in [1.807, 2.05) is 0 Å². The first-order chi connectivity index (χ1) is 7.54. The molecule has 0 aromatic heterocycles. The van der Waals surface area contributed by atoms with Crippen LogP contribution < -0.4 is 17.2 Å². The van der Waals surface area contributed by atoms with Gasteiger partial charge in [0.1, 0.15) is 6.04 Å². The molecule has 0 saturated carbocycles. The molecule has 0 bridgehead atoms. The van der Waals surface area contributed by atoms with Crippen molar-refractivity contribution in [2.45, 2.75) is 18.9 Å². The number of nitrogens with zero attached hydrogens (tertiary/aromatic N) is 1. The van der Waals surface area contributed by atoms with Gasteiger partial charge >= 0.3 is 36.8 Å². The minimum Gasteiger partial charge on any atom is -1.00 e. The van der Waals surface area contributed by atoms with Crippen LogP contribution in [0.5, 0.6) is 0 Å². The Labute approximate surface area is 123 Å². The molecular formula is C6H19MgN4O6P. The van der Waals surface area contributed by atoms with E-state index in [1.54, 1.807) is 0 Å². The molecule has 0 spiro atoms. The zero-order valence-corrected chi connectivity index (χ0v) is 11.9. The van der Waals surface area contributed by atoms with Crippen molar-refractivity contribution in [2.24, 2.45) is 22.2 Å². The largest absolute Gasteiger partial charge is 2.00 e. The van der Waals surface area contributed by atoms with Gasteiger partial charge in [-0.05, 0) is 12.8 Å². The van der Waals surface area contributed by atoms with Gasteiger partial charge in [0.15, 0.2) is 5.96 Å². The number of nitrogens with two attached hydrogens (primary N) is 3. The van der Waals surface area contributed by atoms with Crippen molar-refractivity contribution in [3.05, 3.63) is 0 Å². The van der Waals surface area contributed by atoms with Gasteiger partial charge in [0.2, 0.25) is 0 Å². The first kappa shape index (κ1) is 22.7. The van der Waals surface area contributed by atoms with Gasteiger partial charge in [-0.2, -0.15) is 0 Å². The maximum atomic E-state index is 10.2. The third kappa shape index (κ3) is 29.6. The quantitative estimate of drug-likeness (QED) is 0.0929. The minimum atomic E-state index is -4.64. The van der Waals surface area contributed by atoms with E-state index in [1.165, 1.54) is 0 Å². The van der Waals surface area contributed by atoms with Gasteiger partial charge < -0.3 is 39.8 Å². The first-order valence-corrected chi connectivity index (χ1v) is 5.92. The molecule has 10 N–H and O–H groups in total. The summed E-state index contributed by atoms with van der Waals surface area (Å²) in [6.07, 6.45) is 0.956. The van der Waals surface area contributed by atoms with Crippen LogP contribution in [0.2, 0.25) is 0 Å². The molecule has 10 nitrogen and oxygen atoms in total. The number of guanidine groups is 1. The monoisotopic (exact) mass is 298 g/mol. The van der Waals surface area contributed by atoms with Gasteiger partial charge in [0.05, 0.1) is 0 Å². The molecule has 12 heteroatoms. The van der Waals surface area contributed by atoms with Crippen LogP contribution in [0.25, 0.3) is 0 Å². The van der Waals surface area contributed by atoms with Gasteiger partial charge in [-0.25, -0.2) is 4.57 Å². The molecule has 18 heavy (non-hydrogen) atoms. The van der Waals surface area contributed by atoms with Crippen LogP contribution in [-0.2, 0) is 9.36 Å². The van der Waals surface area contributed by atoms with E-state index in [2.05, 4.69) is 4.99 Å². The topological polar surface area (TPSA) is 205 Å². The molecule has 0 heterocycles. The second-order valence-corrected chi connectivity index (χ2v) is 3.93. The van der Waals surface area contributed by atoms with Crippen LogP contribution in [-0.4, -0.2) is 67.4 Å². The van der Waals surface area contributed by atoms with Crippen LogP contribution in [0.15, 0.2) is 4.99 Å². The number of carboxylic acids is 1. The Hall–Kier alpha value is -0.424. The number of carbonyl (C=O) groups is 1. The van der Waals surface area contributed by atoms with E-state index in [-0.39, 0.29) is 31.9 Å². The van der Waals surface area contributed by atoms with Gasteiger partial charge in [0, 0.05) is 6.54 Å². The number of aliphatic carboxylic acids is 1. The number of rotatable bonds is 5. The molecule has 0 aliphatic rings. The molecule has 0 saturated heterocycles. The molecule has 0 aromatic carbocycles. The predicted molar refractivity (Wildman–Crippen MR) is 67.8 cm³/mol. The first-order valence-electron chi connectivity index (χ1n) is 4.36. The van der Waals surface area contributed by atoms with Crippen molar-refractivity contribution < 1.29 is 32.0 Å². The molecule has 1 unspecified atom stereocenters. The summed E-state index contributed by atoms with van der Waals surface area (Å²) >= 11 is 0. The third-order valence-corrected chi connectivity index (χ3v) is 1.28. The molecule has 0 aliphatic heterocycles. The fourth-order valence-corrected chi connectivity index (χ4v) is 0.643. The summed E-state index contributed by atoms with van der Waals surface area (Å²) in [5, 5.41) is 8.38. The Morgan fingerprint density at radius 3 is 2.00 bits per heavy atom. The van der Waals surface area contributed by atoms with E-state index in [4.69, 9.17) is 41.6 Å². The second-order valence-electron chi connectivity index (χ2n) is 2.91. The smallest absolute Gasteiger partial charge is 1.00 e. The average Bonchev–Trinajstić information content (AvgIpc) is 2.08. The molecule has 0 amide bonds. The third-order valence-electron chi connectivity index (χ3n) is 1.28. The number of hydrogen-bond acceptors (Lipinski definition) is 4. The van der Waals surface area contributed by atoms with Crippen molar-refractivity contribution in [2.75, 3.05) is 6.54 Å². The Balaban J connectivity index is -0.0000000821. The summed E-state index contributed by atoms with van der Waals surface area (Å²) in [5.74, 6) is -0.987. The fourth-order valence-electron chi connectivity index (χ4n) is 0.643.